The molecule has 1 aromatic rings. The van der Waals surface area contributed by atoms with E-state index in [0.717, 1.165) is 44.2 Å². The second kappa shape index (κ2) is 4.28. The van der Waals surface area contributed by atoms with Crippen LogP contribution in [0.3, 0.4) is 0 Å². The molecule has 0 aliphatic carbocycles. The Morgan fingerprint density at radius 3 is 3.18 bits per heavy atom. The van der Waals surface area contributed by atoms with E-state index in [0.29, 0.717) is 0 Å². The zero-order valence-corrected chi connectivity index (χ0v) is 10.2. The first-order chi connectivity index (χ1) is 8.36. The van der Waals surface area contributed by atoms with E-state index >= 15 is 0 Å². The first kappa shape index (κ1) is 10.4. The van der Waals surface area contributed by atoms with Gasteiger partial charge in [0.2, 0.25) is 0 Å². The molecule has 0 saturated heterocycles. The lowest BCUT2D eigenvalue weighted by atomic mass is 10.1. The summed E-state index contributed by atoms with van der Waals surface area (Å²) in [6.45, 7) is 6.26. The van der Waals surface area contributed by atoms with Crippen LogP contribution < -0.4 is 15.5 Å². The molecular formula is C13H18N4. The van der Waals surface area contributed by atoms with Crippen LogP contribution in [0.5, 0.6) is 0 Å². The van der Waals surface area contributed by atoms with Crippen molar-refractivity contribution in [1.82, 2.24) is 5.32 Å². The Kier molecular flexibility index (Phi) is 2.63. The number of nitrogens with zero attached hydrogens (tertiary/aromatic N) is 2. The average molecular weight is 230 g/mol. The normalized spacial score (nSPS) is 17.7. The van der Waals surface area contributed by atoms with Gasteiger partial charge in [0.05, 0.1) is 6.54 Å². The van der Waals surface area contributed by atoms with E-state index in [2.05, 4.69) is 45.6 Å². The molecule has 4 nitrogen and oxygen atoms in total. The van der Waals surface area contributed by atoms with E-state index in [-0.39, 0.29) is 0 Å². The van der Waals surface area contributed by atoms with Gasteiger partial charge in [-0.05, 0) is 37.1 Å². The summed E-state index contributed by atoms with van der Waals surface area (Å²) in [5.74, 6) is 0.898. The van der Waals surface area contributed by atoms with Gasteiger partial charge in [0.1, 0.15) is 0 Å². The average Bonchev–Trinajstić information content (AvgIpc) is 2.97. The van der Waals surface area contributed by atoms with Gasteiger partial charge in [0.25, 0.3) is 0 Å². The SMILES string of the molecule is CCN1CCc2cc(NC3=NCCN3)ccc21. The summed E-state index contributed by atoms with van der Waals surface area (Å²) >= 11 is 0. The molecule has 90 valence electrons. The fraction of sp³-hybridized carbons (Fsp3) is 0.462. The van der Waals surface area contributed by atoms with E-state index in [1.54, 1.807) is 0 Å². The Bertz CT molecular complexity index is 453. The lowest BCUT2D eigenvalue weighted by molar-refractivity contribution is 0.868. The third-order valence-electron chi connectivity index (χ3n) is 3.39. The Labute approximate surface area is 102 Å². The summed E-state index contributed by atoms with van der Waals surface area (Å²) < 4.78 is 0. The molecule has 2 aliphatic rings. The molecule has 1 aromatic carbocycles. The number of likely N-dealkylation sites (N-methyl/N-ethyl adjacent to an activating group) is 1. The quantitative estimate of drug-likeness (QED) is 0.807. The Morgan fingerprint density at radius 1 is 1.47 bits per heavy atom. The van der Waals surface area contributed by atoms with Crippen molar-refractivity contribution in [2.75, 3.05) is 36.4 Å². The molecule has 2 aliphatic heterocycles. The molecule has 4 heteroatoms. The first-order valence-corrected chi connectivity index (χ1v) is 6.30. The van der Waals surface area contributed by atoms with E-state index in [1.165, 1.54) is 11.3 Å². The van der Waals surface area contributed by atoms with E-state index in [4.69, 9.17) is 0 Å². The van der Waals surface area contributed by atoms with Crippen molar-refractivity contribution in [2.24, 2.45) is 4.99 Å². The highest BCUT2D eigenvalue weighted by Crippen LogP contribution is 2.30. The van der Waals surface area contributed by atoms with Gasteiger partial charge in [-0.2, -0.15) is 0 Å². The van der Waals surface area contributed by atoms with Crippen LogP contribution >= 0.6 is 0 Å². The number of benzene rings is 1. The van der Waals surface area contributed by atoms with Gasteiger partial charge in [0.15, 0.2) is 5.96 Å². The Morgan fingerprint density at radius 2 is 2.41 bits per heavy atom. The molecule has 2 N–H and O–H groups in total. The number of fused-ring (bicyclic) bond motifs is 1. The molecule has 0 aromatic heterocycles. The topological polar surface area (TPSA) is 39.7 Å². The highest BCUT2D eigenvalue weighted by atomic mass is 15.2. The highest BCUT2D eigenvalue weighted by Gasteiger charge is 2.17. The molecule has 2 heterocycles. The van der Waals surface area contributed by atoms with Crippen molar-refractivity contribution in [3.8, 4) is 0 Å². The van der Waals surface area contributed by atoms with E-state index in [9.17, 15) is 0 Å². The predicted octanol–water partition coefficient (Wildman–Crippen LogP) is 1.44. The zero-order valence-electron chi connectivity index (χ0n) is 10.2. The number of nitrogens with one attached hydrogen (secondary N) is 2. The minimum Gasteiger partial charge on any atom is -0.371 e. The molecule has 17 heavy (non-hydrogen) atoms. The molecular weight excluding hydrogens is 212 g/mol. The maximum Gasteiger partial charge on any atom is 0.195 e. The monoisotopic (exact) mass is 230 g/mol. The second-order valence-electron chi connectivity index (χ2n) is 4.46. The Hall–Kier alpha value is -1.71. The van der Waals surface area contributed by atoms with Gasteiger partial charge in [-0.15, -0.1) is 0 Å². The summed E-state index contributed by atoms with van der Waals surface area (Å²) in [5.41, 5.74) is 3.96. The van der Waals surface area contributed by atoms with Crippen LogP contribution in [0.4, 0.5) is 11.4 Å². The fourth-order valence-electron chi connectivity index (χ4n) is 2.49. The van der Waals surface area contributed by atoms with Crippen molar-refractivity contribution >= 4 is 17.3 Å². The van der Waals surface area contributed by atoms with Gasteiger partial charge < -0.3 is 15.5 Å². The number of guanidine groups is 1. The largest absolute Gasteiger partial charge is 0.371 e. The third-order valence-corrected chi connectivity index (χ3v) is 3.39. The number of aliphatic imine (C=N–C) groups is 1. The van der Waals surface area contributed by atoms with Gasteiger partial charge in [0, 0.05) is 31.0 Å². The second-order valence-corrected chi connectivity index (χ2v) is 4.46. The molecule has 0 bridgehead atoms. The van der Waals surface area contributed by atoms with Gasteiger partial charge >= 0.3 is 0 Å². The third kappa shape index (κ3) is 1.95. The number of anilines is 2. The molecule has 3 rings (SSSR count). The van der Waals surface area contributed by atoms with Crippen molar-refractivity contribution in [3.63, 3.8) is 0 Å². The number of hydrogen-bond donors (Lipinski definition) is 2. The molecule has 0 saturated carbocycles. The lowest BCUT2D eigenvalue weighted by Crippen LogP contribution is -2.26. The van der Waals surface area contributed by atoms with Crippen molar-refractivity contribution < 1.29 is 0 Å². The summed E-state index contributed by atoms with van der Waals surface area (Å²) in [4.78, 5) is 6.76. The van der Waals surface area contributed by atoms with Crippen LogP contribution in [-0.4, -0.2) is 32.1 Å². The number of hydrogen-bond acceptors (Lipinski definition) is 4. The molecule has 0 atom stereocenters. The van der Waals surface area contributed by atoms with Gasteiger partial charge in [-0.25, -0.2) is 0 Å². The Balaban J connectivity index is 1.79. The smallest absolute Gasteiger partial charge is 0.195 e. The minimum atomic E-state index is 0.872. The van der Waals surface area contributed by atoms with E-state index < -0.39 is 0 Å². The van der Waals surface area contributed by atoms with Crippen LogP contribution in [0.15, 0.2) is 23.2 Å². The highest BCUT2D eigenvalue weighted by molar-refractivity contribution is 5.95. The summed E-state index contributed by atoms with van der Waals surface area (Å²) in [6.07, 6.45) is 1.15. The summed E-state index contributed by atoms with van der Waals surface area (Å²) in [6, 6.07) is 6.59. The predicted molar refractivity (Wildman–Crippen MR) is 72.0 cm³/mol. The lowest BCUT2D eigenvalue weighted by Gasteiger charge is -2.16. The van der Waals surface area contributed by atoms with Crippen molar-refractivity contribution in [3.05, 3.63) is 23.8 Å². The molecule has 0 radical (unpaired) electrons. The van der Waals surface area contributed by atoms with Crippen LogP contribution in [0.2, 0.25) is 0 Å². The molecule has 0 fully saturated rings. The minimum absolute atomic E-state index is 0.872. The maximum atomic E-state index is 4.34. The van der Waals surface area contributed by atoms with Crippen LogP contribution in [0, 0.1) is 0 Å². The molecule has 0 unspecified atom stereocenters. The van der Waals surface area contributed by atoms with Crippen LogP contribution in [0.25, 0.3) is 0 Å². The van der Waals surface area contributed by atoms with Crippen LogP contribution in [-0.2, 0) is 6.42 Å². The van der Waals surface area contributed by atoms with Crippen molar-refractivity contribution in [2.45, 2.75) is 13.3 Å². The fourth-order valence-corrected chi connectivity index (χ4v) is 2.49. The zero-order chi connectivity index (χ0) is 11.7. The van der Waals surface area contributed by atoms with Gasteiger partial charge in [-0.1, -0.05) is 0 Å². The van der Waals surface area contributed by atoms with Crippen LogP contribution in [0.1, 0.15) is 12.5 Å². The van der Waals surface area contributed by atoms with Crippen molar-refractivity contribution in [1.29, 1.82) is 0 Å². The van der Waals surface area contributed by atoms with E-state index in [1.807, 2.05) is 0 Å². The standard InChI is InChI=1S/C13H18N4/c1-2-17-8-5-10-9-11(3-4-12(10)17)16-13-14-6-7-15-13/h3-4,9H,2,5-8H2,1H3,(H2,14,15,16). The molecule has 0 spiro atoms. The van der Waals surface area contributed by atoms with Gasteiger partial charge in [-0.3, -0.25) is 4.99 Å². The first-order valence-electron chi connectivity index (χ1n) is 6.30. The molecule has 0 amide bonds. The number of rotatable bonds is 2. The summed E-state index contributed by atoms with van der Waals surface area (Å²) in [7, 11) is 0. The maximum absolute atomic E-state index is 4.34. The summed E-state index contributed by atoms with van der Waals surface area (Å²) in [5, 5.41) is 6.54.